The van der Waals surface area contributed by atoms with Crippen molar-refractivity contribution in [2.24, 2.45) is 0 Å². The zero-order valence-electron chi connectivity index (χ0n) is 19.8. The van der Waals surface area contributed by atoms with E-state index in [9.17, 15) is 18.7 Å². The zero-order chi connectivity index (χ0) is 24.8. The summed E-state index contributed by atoms with van der Waals surface area (Å²) < 4.78 is 32.4. The first kappa shape index (κ1) is 25.0. The van der Waals surface area contributed by atoms with E-state index < -0.39 is 23.8 Å². The molecule has 186 valence electrons. The number of nitrogens with one attached hydrogen (secondary N) is 2. The average molecular weight is 484 g/mol. The van der Waals surface area contributed by atoms with Gasteiger partial charge in [-0.25, -0.2) is 8.78 Å². The Morgan fingerprint density at radius 2 is 1.86 bits per heavy atom. The number of halogens is 2. The second-order valence-corrected chi connectivity index (χ2v) is 9.37. The average Bonchev–Trinajstić information content (AvgIpc) is 3.37. The Hall–Kier alpha value is -3.10. The van der Waals surface area contributed by atoms with E-state index in [1.807, 2.05) is 12.1 Å². The van der Waals surface area contributed by atoms with Gasteiger partial charge >= 0.3 is 0 Å². The number of hydrogen-bond donors (Lipinski definition) is 3. The number of carbonyl (C=O) groups excluding carboxylic acids is 1. The molecular formula is C27H31F2N3O3. The molecule has 6 nitrogen and oxygen atoms in total. The van der Waals surface area contributed by atoms with Crippen molar-refractivity contribution in [3.8, 4) is 11.1 Å². The normalized spacial score (nSPS) is 17.0. The van der Waals surface area contributed by atoms with Gasteiger partial charge in [0.25, 0.3) is 0 Å². The molecule has 1 aliphatic carbocycles. The van der Waals surface area contributed by atoms with Crippen LogP contribution in [-0.4, -0.2) is 34.9 Å². The van der Waals surface area contributed by atoms with E-state index in [0.29, 0.717) is 5.56 Å². The van der Waals surface area contributed by atoms with Crippen molar-refractivity contribution in [1.82, 2.24) is 15.8 Å². The maximum atomic E-state index is 13.7. The van der Waals surface area contributed by atoms with Crippen LogP contribution in [0, 0.1) is 11.6 Å². The second-order valence-electron chi connectivity index (χ2n) is 9.37. The van der Waals surface area contributed by atoms with Gasteiger partial charge in [-0.05, 0) is 54.2 Å². The molecule has 2 aromatic carbocycles. The number of hydrogen-bond acceptors (Lipinski definition) is 5. The number of benzene rings is 2. The fourth-order valence-electron chi connectivity index (χ4n) is 5.04. The summed E-state index contributed by atoms with van der Waals surface area (Å²) in [4.78, 5) is 11.8. The van der Waals surface area contributed by atoms with Crippen LogP contribution >= 0.6 is 0 Å². The van der Waals surface area contributed by atoms with E-state index in [4.69, 9.17) is 4.52 Å². The van der Waals surface area contributed by atoms with Gasteiger partial charge in [-0.3, -0.25) is 4.79 Å². The van der Waals surface area contributed by atoms with Gasteiger partial charge in [0.15, 0.2) is 0 Å². The lowest BCUT2D eigenvalue weighted by Crippen LogP contribution is -2.53. The smallest absolute Gasteiger partial charge is 0.217 e. The number of amides is 1. The Bertz CT molecular complexity index is 1110. The Kier molecular flexibility index (Phi) is 7.93. The van der Waals surface area contributed by atoms with Crippen molar-refractivity contribution in [2.75, 3.05) is 6.54 Å². The standard InChI is InChI=1S/C27H31F2N3O3/c1-18(33)32-25(12-19-10-23(28)14-24(29)11-19)26(34)16-30-27(8-3-2-4-9-27)22-7-5-6-20(13-22)21-15-31-35-17-21/h5-7,10-11,13-15,17,25-26,30,34H,2-4,8-9,12,16H2,1H3,(H,32,33). The van der Waals surface area contributed by atoms with Crippen LogP contribution in [-0.2, 0) is 16.8 Å². The minimum absolute atomic E-state index is 0.104. The van der Waals surface area contributed by atoms with Crippen LogP contribution in [0.3, 0.4) is 0 Å². The van der Waals surface area contributed by atoms with Gasteiger partial charge in [-0.15, -0.1) is 0 Å². The fraction of sp³-hybridized carbons (Fsp3) is 0.407. The van der Waals surface area contributed by atoms with Crippen molar-refractivity contribution < 1.29 is 23.2 Å². The highest BCUT2D eigenvalue weighted by atomic mass is 19.1. The monoisotopic (exact) mass is 483 g/mol. The zero-order valence-corrected chi connectivity index (χ0v) is 19.8. The van der Waals surface area contributed by atoms with Crippen LogP contribution < -0.4 is 10.6 Å². The van der Waals surface area contributed by atoms with E-state index in [1.54, 1.807) is 12.5 Å². The molecule has 1 saturated carbocycles. The third-order valence-corrected chi connectivity index (χ3v) is 6.77. The maximum absolute atomic E-state index is 13.7. The van der Waals surface area contributed by atoms with Crippen LogP contribution in [0.1, 0.15) is 50.2 Å². The first-order valence-corrected chi connectivity index (χ1v) is 12.0. The predicted molar refractivity (Wildman–Crippen MR) is 128 cm³/mol. The fourth-order valence-corrected chi connectivity index (χ4v) is 5.04. The number of aromatic nitrogens is 1. The van der Waals surface area contributed by atoms with Crippen molar-refractivity contribution in [3.05, 3.63) is 77.7 Å². The molecule has 8 heteroatoms. The molecule has 1 aromatic heterocycles. The van der Waals surface area contributed by atoms with Gasteiger partial charge in [0, 0.05) is 30.6 Å². The Labute approximate surface area is 203 Å². The highest BCUT2D eigenvalue weighted by Gasteiger charge is 2.35. The molecule has 0 saturated heterocycles. The first-order chi connectivity index (χ1) is 16.8. The van der Waals surface area contributed by atoms with E-state index in [2.05, 4.69) is 27.9 Å². The second kappa shape index (κ2) is 11.1. The number of carbonyl (C=O) groups is 1. The summed E-state index contributed by atoms with van der Waals surface area (Å²) >= 11 is 0. The third kappa shape index (κ3) is 6.32. The summed E-state index contributed by atoms with van der Waals surface area (Å²) in [6, 6.07) is 10.8. The molecule has 4 rings (SSSR count). The Morgan fingerprint density at radius 3 is 2.51 bits per heavy atom. The van der Waals surface area contributed by atoms with Crippen LogP contribution in [0.2, 0.25) is 0 Å². The minimum atomic E-state index is -0.967. The molecule has 0 bridgehead atoms. The summed E-state index contributed by atoms with van der Waals surface area (Å²) in [5.41, 5.74) is 3.05. The third-order valence-electron chi connectivity index (χ3n) is 6.77. The van der Waals surface area contributed by atoms with E-state index in [0.717, 1.165) is 54.9 Å². The lowest BCUT2D eigenvalue weighted by atomic mass is 9.76. The van der Waals surface area contributed by atoms with Gasteiger partial charge < -0.3 is 20.3 Å². The van der Waals surface area contributed by atoms with Gasteiger partial charge in [0.1, 0.15) is 17.9 Å². The summed E-state index contributed by atoms with van der Waals surface area (Å²) in [7, 11) is 0. The highest BCUT2D eigenvalue weighted by Crippen LogP contribution is 2.38. The number of rotatable bonds is 9. The molecule has 0 radical (unpaired) electrons. The van der Waals surface area contributed by atoms with Crippen LogP contribution in [0.5, 0.6) is 0 Å². The summed E-state index contributed by atoms with van der Waals surface area (Å²) in [6.07, 6.45) is 7.50. The lowest BCUT2D eigenvalue weighted by molar-refractivity contribution is -0.120. The van der Waals surface area contributed by atoms with E-state index >= 15 is 0 Å². The van der Waals surface area contributed by atoms with Crippen molar-refractivity contribution in [3.63, 3.8) is 0 Å². The molecule has 0 aliphatic heterocycles. The number of aliphatic hydroxyl groups excluding tert-OH is 1. The maximum Gasteiger partial charge on any atom is 0.217 e. The SMILES string of the molecule is CC(=O)NC(Cc1cc(F)cc(F)c1)C(O)CNC1(c2cccc(-c3cnoc3)c2)CCCCC1. The molecule has 1 aliphatic rings. The lowest BCUT2D eigenvalue weighted by Gasteiger charge is -2.40. The Balaban J connectivity index is 1.53. The molecular weight excluding hydrogens is 452 g/mol. The van der Waals surface area contributed by atoms with E-state index in [1.165, 1.54) is 19.1 Å². The predicted octanol–water partition coefficient (Wildman–Crippen LogP) is 4.48. The number of aliphatic hydroxyl groups is 1. The van der Waals surface area contributed by atoms with Crippen molar-refractivity contribution >= 4 is 5.91 Å². The molecule has 2 atom stereocenters. The molecule has 2 unspecified atom stereocenters. The molecule has 1 fully saturated rings. The topological polar surface area (TPSA) is 87.4 Å². The molecule has 0 spiro atoms. The van der Waals surface area contributed by atoms with Crippen LogP contribution in [0.15, 0.2) is 59.4 Å². The molecule has 1 heterocycles. The highest BCUT2D eigenvalue weighted by molar-refractivity contribution is 5.73. The summed E-state index contributed by atoms with van der Waals surface area (Å²) in [5.74, 6) is -1.70. The summed E-state index contributed by atoms with van der Waals surface area (Å²) in [5, 5.41) is 21.2. The Morgan fingerprint density at radius 1 is 1.11 bits per heavy atom. The molecule has 3 N–H and O–H groups in total. The van der Waals surface area contributed by atoms with Gasteiger partial charge in [0.05, 0.1) is 18.3 Å². The van der Waals surface area contributed by atoms with Crippen LogP contribution in [0.4, 0.5) is 8.78 Å². The largest absolute Gasteiger partial charge is 0.390 e. The number of nitrogens with zero attached hydrogens (tertiary/aromatic N) is 1. The molecule has 35 heavy (non-hydrogen) atoms. The van der Waals surface area contributed by atoms with Crippen molar-refractivity contribution in [2.45, 2.75) is 63.1 Å². The minimum Gasteiger partial charge on any atom is -0.390 e. The first-order valence-electron chi connectivity index (χ1n) is 12.0. The van der Waals surface area contributed by atoms with E-state index in [-0.39, 0.29) is 24.4 Å². The van der Waals surface area contributed by atoms with Gasteiger partial charge in [-0.2, -0.15) is 0 Å². The molecule has 1 amide bonds. The van der Waals surface area contributed by atoms with Crippen LogP contribution in [0.25, 0.3) is 11.1 Å². The van der Waals surface area contributed by atoms with Gasteiger partial charge in [0.2, 0.25) is 5.91 Å². The van der Waals surface area contributed by atoms with Crippen molar-refractivity contribution in [1.29, 1.82) is 0 Å². The molecule has 3 aromatic rings. The quantitative estimate of drug-likeness (QED) is 0.418. The summed E-state index contributed by atoms with van der Waals surface area (Å²) in [6.45, 7) is 1.57. The van der Waals surface area contributed by atoms with Gasteiger partial charge in [-0.1, -0.05) is 42.6 Å².